The number of nitrogens with zero attached hydrogens (tertiary/aromatic N) is 1. The molecule has 2 aliphatic rings. The highest BCUT2D eigenvalue weighted by atomic mass is 16.7. The summed E-state index contributed by atoms with van der Waals surface area (Å²) >= 11 is 0. The van der Waals surface area contributed by atoms with Gasteiger partial charge in [-0.25, -0.2) is 4.98 Å². The van der Waals surface area contributed by atoms with Crippen LogP contribution in [0.4, 0.5) is 5.82 Å². The lowest BCUT2D eigenvalue weighted by Gasteiger charge is -2.17. The van der Waals surface area contributed by atoms with Gasteiger partial charge < -0.3 is 19.5 Å². The normalized spacial score (nSPS) is 15.4. The van der Waals surface area contributed by atoms with E-state index in [-0.39, 0.29) is 12.7 Å². The minimum Gasteiger partial charge on any atom is -0.493 e. The molecule has 1 aromatic heterocycles. The first-order chi connectivity index (χ1) is 15.1. The third-order valence-corrected chi connectivity index (χ3v) is 5.81. The molecule has 5 rings (SSSR count). The molecule has 0 unspecified atom stereocenters. The number of nitrogens with one attached hydrogen (secondary N) is 1. The van der Waals surface area contributed by atoms with Gasteiger partial charge in [0, 0.05) is 5.56 Å². The van der Waals surface area contributed by atoms with Gasteiger partial charge in [-0.15, -0.1) is 0 Å². The first-order valence-corrected chi connectivity index (χ1v) is 10.5. The molecule has 1 amide bonds. The average Bonchev–Trinajstić information content (AvgIpc) is 3.46. The molecule has 2 aromatic carbocycles. The van der Waals surface area contributed by atoms with Crippen molar-refractivity contribution in [1.82, 2.24) is 4.98 Å². The molecule has 0 spiro atoms. The van der Waals surface area contributed by atoms with E-state index in [0.717, 1.165) is 46.7 Å². The number of carbonyl (C=O) groups is 1. The number of anilines is 1. The van der Waals surface area contributed by atoms with E-state index < -0.39 is 5.41 Å². The molecule has 1 fully saturated rings. The first-order valence-electron chi connectivity index (χ1n) is 10.5. The van der Waals surface area contributed by atoms with Crippen LogP contribution in [-0.4, -0.2) is 24.3 Å². The first kappa shape index (κ1) is 19.4. The van der Waals surface area contributed by atoms with Gasteiger partial charge >= 0.3 is 0 Å². The molecule has 2 heterocycles. The predicted molar refractivity (Wildman–Crippen MR) is 118 cm³/mol. The number of ether oxygens (including phenoxy) is 3. The summed E-state index contributed by atoms with van der Waals surface area (Å²) < 4.78 is 16.7. The van der Waals surface area contributed by atoms with Crippen LogP contribution in [-0.2, 0) is 10.2 Å². The van der Waals surface area contributed by atoms with Crippen molar-refractivity contribution in [3.63, 3.8) is 0 Å². The Morgan fingerprint density at radius 2 is 1.94 bits per heavy atom. The fraction of sp³-hybridized carbons (Fsp3) is 0.280. The molecule has 6 heteroatoms. The van der Waals surface area contributed by atoms with Gasteiger partial charge in [-0.3, -0.25) is 4.79 Å². The number of aromatic nitrogens is 1. The molecule has 0 radical (unpaired) electrons. The second-order valence-electron chi connectivity index (χ2n) is 7.94. The third-order valence-electron chi connectivity index (χ3n) is 5.81. The second-order valence-corrected chi connectivity index (χ2v) is 7.94. The van der Waals surface area contributed by atoms with Crippen molar-refractivity contribution in [2.24, 2.45) is 0 Å². The number of hydrogen-bond donors (Lipinski definition) is 1. The summed E-state index contributed by atoms with van der Waals surface area (Å²) in [5, 5.41) is 3.02. The third kappa shape index (κ3) is 3.58. The van der Waals surface area contributed by atoms with E-state index in [9.17, 15) is 4.79 Å². The summed E-state index contributed by atoms with van der Waals surface area (Å²) in [7, 11) is 0. The number of amides is 1. The van der Waals surface area contributed by atoms with E-state index in [2.05, 4.69) is 5.32 Å². The maximum absolute atomic E-state index is 13.2. The Hall–Kier alpha value is -3.54. The Morgan fingerprint density at radius 3 is 2.74 bits per heavy atom. The zero-order chi connectivity index (χ0) is 21.4. The highest BCUT2D eigenvalue weighted by Gasteiger charge is 2.51. The molecule has 6 nitrogen and oxygen atoms in total. The van der Waals surface area contributed by atoms with Crippen molar-refractivity contribution >= 4 is 11.7 Å². The molecule has 0 saturated heterocycles. The Bertz CT molecular complexity index is 1150. The van der Waals surface area contributed by atoms with Gasteiger partial charge in [0.25, 0.3) is 0 Å². The number of benzene rings is 2. The molecule has 1 saturated carbocycles. The van der Waals surface area contributed by atoms with E-state index in [4.69, 9.17) is 19.2 Å². The number of fused-ring (bicyclic) bond motifs is 1. The van der Waals surface area contributed by atoms with E-state index in [1.165, 1.54) is 0 Å². The average molecular weight is 416 g/mol. The Labute approximate surface area is 181 Å². The Balaban J connectivity index is 1.40. The number of rotatable bonds is 6. The van der Waals surface area contributed by atoms with Crippen LogP contribution in [0.25, 0.3) is 11.3 Å². The number of pyridine rings is 1. The molecule has 1 N–H and O–H groups in total. The van der Waals surface area contributed by atoms with E-state index in [1.54, 1.807) is 0 Å². The summed E-state index contributed by atoms with van der Waals surface area (Å²) in [6, 6.07) is 17.4. The van der Waals surface area contributed by atoms with Gasteiger partial charge in [0.2, 0.25) is 12.7 Å². The Morgan fingerprint density at radius 1 is 1.10 bits per heavy atom. The minimum absolute atomic E-state index is 0.0507. The van der Waals surface area contributed by atoms with Crippen molar-refractivity contribution in [3.8, 4) is 28.5 Å². The van der Waals surface area contributed by atoms with Crippen LogP contribution < -0.4 is 19.5 Å². The van der Waals surface area contributed by atoms with Crippen LogP contribution in [0.15, 0.2) is 54.6 Å². The maximum atomic E-state index is 13.2. The van der Waals surface area contributed by atoms with Gasteiger partial charge in [-0.2, -0.15) is 0 Å². The van der Waals surface area contributed by atoms with Crippen LogP contribution in [0.5, 0.6) is 17.2 Å². The van der Waals surface area contributed by atoms with Crippen LogP contribution in [0.1, 0.15) is 30.9 Å². The summed E-state index contributed by atoms with van der Waals surface area (Å²) in [5.41, 5.74) is 3.20. The van der Waals surface area contributed by atoms with Crippen LogP contribution in [0.2, 0.25) is 0 Å². The fourth-order valence-corrected chi connectivity index (χ4v) is 3.98. The van der Waals surface area contributed by atoms with Crippen molar-refractivity contribution < 1.29 is 19.0 Å². The summed E-state index contributed by atoms with van der Waals surface area (Å²) in [6.45, 7) is 4.79. The lowest BCUT2D eigenvalue weighted by Crippen LogP contribution is -2.28. The van der Waals surface area contributed by atoms with Crippen molar-refractivity contribution in [3.05, 3.63) is 65.7 Å². The van der Waals surface area contributed by atoms with E-state index in [0.29, 0.717) is 18.2 Å². The maximum Gasteiger partial charge on any atom is 0.236 e. The number of aryl methyl sites for hydroxylation is 1. The van der Waals surface area contributed by atoms with Gasteiger partial charge in [-0.05, 0) is 68.7 Å². The SMILES string of the molecule is CCOc1ccc(C)cc1-c1cccc(NC(=O)C2(c3ccc4c(c3)OCO4)CC2)n1. The van der Waals surface area contributed by atoms with E-state index >= 15 is 0 Å². The topological polar surface area (TPSA) is 69.7 Å². The Kier molecular flexibility index (Phi) is 4.77. The zero-order valence-electron chi connectivity index (χ0n) is 17.6. The molecule has 31 heavy (non-hydrogen) atoms. The van der Waals surface area contributed by atoms with Crippen molar-refractivity contribution in [1.29, 1.82) is 0 Å². The largest absolute Gasteiger partial charge is 0.493 e. The summed E-state index contributed by atoms with van der Waals surface area (Å²) in [5.74, 6) is 2.67. The van der Waals surface area contributed by atoms with Crippen molar-refractivity contribution in [2.75, 3.05) is 18.7 Å². The van der Waals surface area contributed by atoms with Gasteiger partial charge in [-0.1, -0.05) is 23.8 Å². The van der Waals surface area contributed by atoms with Crippen molar-refractivity contribution in [2.45, 2.75) is 32.1 Å². The highest BCUT2D eigenvalue weighted by Crippen LogP contribution is 2.51. The molecule has 1 aliphatic carbocycles. The van der Waals surface area contributed by atoms with Gasteiger partial charge in [0.1, 0.15) is 11.6 Å². The molecule has 1 aliphatic heterocycles. The minimum atomic E-state index is -0.543. The lowest BCUT2D eigenvalue weighted by atomic mass is 9.94. The highest BCUT2D eigenvalue weighted by molar-refractivity contribution is 6.01. The molecular formula is C25H24N2O4. The van der Waals surface area contributed by atoms with Crippen LogP contribution >= 0.6 is 0 Å². The number of hydrogen-bond acceptors (Lipinski definition) is 5. The van der Waals surface area contributed by atoms with Crippen LogP contribution in [0.3, 0.4) is 0 Å². The number of carbonyl (C=O) groups excluding carboxylic acids is 1. The molecule has 158 valence electrons. The van der Waals surface area contributed by atoms with Crippen LogP contribution in [0, 0.1) is 6.92 Å². The fourth-order valence-electron chi connectivity index (χ4n) is 3.98. The quantitative estimate of drug-likeness (QED) is 0.622. The molecule has 0 bridgehead atoms. The molecule has 3 aromatic rings. The van der Waals surface area contributed by atoms with Gasteiger partial charge in [0.05, 0.1) is 17.7 Å². The summed E-state index contributed by atoms with van der Waals surface area (Å²) in [4.78, 5) is 17.9. The standard InChI is InChI=1S/C25H24N2O4/c1-3-29-20-9-7-16(2)13-18(20)19-5-4-6-23(26-19)27-24(28)25(11-12-25)17-8-10-21-22(14-17)31-15-30-21/h4-10,13-14H,3,11-12,15H2,1-2H3,(H,26,27,28). The monoisotopic (exact) mass is 416 g/mol. The lowest BCUT2D eigenvalue weighted by molar-refractivity contribution is -0.118. The zero-order valence-corrected chi connectivity index (χ0v) is 17.6. The molecular weight excluding hydrogens is 392 g/mol. The van der Waals surface area contributed by atoms with Gasteiger partial charge in [0.15, 0.2) is 11.5 Å². The molecule has 0 atom stereocenters. The van der Waals surface area contributed by atoms with E-state index in [1.807, 2.05) is 68.4 Å². The second kappa shape index (κ2) is 7.61. The predicted octanol–water partition coefficient (Wildman–Crippen LogP) is 4.85. The summed E-state index contributed by atoms with van der Waals surface area (Å²) in [6.07, 6.45) is 1.59. The smallest absolute Gasteiger partial charge is 0.236 e.